The summed E-state index contributed by atoms with van der Waals surface area (Å²) in [5.74, 6) is 0.184. The van der Waals surface area contributed by atoms with Gasteiger partial charge in [-0.3, -0.25) is 0 Å². The molecule has 0 aliphatic carbocycles. The topological polar surface area (TPSA) is 37.3 Å². The number of hydrogen-bond donors (Lipinski definition) is 1. The molecule has 0 fully saturated rings. The summed E-state index contributed by atoms with van der Waals surface area (Å²) in [5, 5.41) is 9.10. The quantitative estimate of drug-likeness (QED) is 0.425. The standard InChI is InChI=1S/C17H26O2S/c1-2-3-4-5-6-7-8-11-14-20-16-13-10-9-12-15(16)17(18)19/h9-10,12-13H,2-8,11,14H2,1H3,(H,18,19). The molecular weight excluding hydrogens is 268 g/mol. The number of carboxylic acid groups (broad SMARTS) is 1. The second kappa shape index (κ2) is 10.8. The normalized spacial score (nSPS) is 10.7. The maximum atomic E-state index is 11.1. The van der Waals surface area contributed by atoms with Gasteiger partial charge in [-0.15, -0.1) is 11.8 Å². The molecule has 0 atom stereocenters. The van der Waals surface area contributed by atoms with E-state index in [4.69, 9.17) is 5.11 Å². The molecule has 0 aliphatic rings. The molecule has 1 aromatic carbocycles. The summed E-state index contributed by atoms with van der Waals surface area (Å²) in [6, 6.07) is 7.27. The van der Waals surface area contributed by atoms with Crippen molar-refractivity contribution in [3.05, 3.63) is 29.8 Å². The van der Waals surface area contributed by atoms with Crippen LogP contribution in [0.1, 0.15) is 68.6 Å². The molecule has 2 nitrogen and oxygen atoms in total. The summed E-state index contributed by atoms with van der Waals surface area (Å²) in [4.78, 5) is 12.0. The zero-order valence-corrected chi connectivity index (χ0v) is 13.3. The maximum absolute atomic E-state index is 11.1. The number of carboxylic acids is 1. The van der Waals surface area contributed by atoms with Crippen molar-refractivity contribution in [2.75, 3.05) is 5.75 Å². The molecule has 0 saturated heterocycles. The molecule has 0 unspecified atom stereocenters. The molecule has 0 aromatic heterocycles. The van der Waals surface area contributed by atoms with E-state index in [-0.39, 0.29) is 0 Å². The number of benzene rings is 1. The monoisotopic (exact) mass is 294 g/mol. The predicted octanol–water partition coefficient (Wildman–Crippen LogP) is 5.62. The molecular formula is C17H26O2S. The number of rotatable bonds is 11. The average molecular weight is 294 g/mol. The average Bonchev–Trinajstić information content (AvgIpc) is 2.46. The second-order valence-corrected chi connectivity index (χ2v) is 6.26. The van der Waals surface area contributed by atoms with E-state index in [1.807, 2.05) is 12.1 Å². The zero-order chi connectivity index (χ0) is 14.6. The first-order chi connectivity index (χ1) is 9.75. The highest BCUT2D eigenvalue weighted by molar-refractivity contribution is 7.99. The highest BCUT2D eigenvalue weighted by atomic mass is 32.2. The molecule has 0 radical (unpaired) electrons. The van der Waals surface area contributed by atoms with Crippen LogP contribution in [0.3, 0.4) is 0 Å². The van der Waals surface area contributed by atoms with Crippen molar-refractivity contribution in [1.82, 2.24) is 0 Å². The van der Waals surface area contributed by atoms with Gasteiger partial charge < -0.3 is 5.11 Å². The van der Waals surface area contributed by atoms with Gasteiger partial charge in [0, 0.05) is 4.90 Å². The number of thioether (sulfide) groups is 1. The molecule has 0 aliphatic heterocycles. The van der Waals surface area contributed by atoms with Gasteiger partial charge in [0.15, 0.2) is 0 Å². The minimum absolute atomic E-state index is 0.428. The minimum atomic E-state index is -0.830. The molecule has 20 heavy (non-hydrogen) atoms. The highest BCUT2D eigenvalue weighted by Crippen LogP contribution is 2.24. The van der Waals surface area contributed by atoms with E-state index in [1.165, 1.54) is 51.4 Å². The van der Waals surface area contributed by atoms with E-state index < -0.39 is 5.97 Å². The number of unbranched alkanes of at least 4 members (excludes halogenated alkanes) is 7. The minimum Gasteiger partial charge on any atom is -0.478 e. The van der Waals surface area contributed by atoms with E-state index in [1.54, 1.807) is 23.9 Å². The Hall–Kier alpha value is -0.960. The van der Waals surface area contributed by atoms with Gasteiger partial charge in [0.05, 0.1) is 5.56 Å². The van der Waals surface area contributed by atoms with Crippen LogP contribution >= 0.6 is 11.8 Å². The Labute approximate surface area is 127 Å². The van der Waals surface area contributed by atoms with Crippen LogP contribution in [-0.2, 0) is 0 Å². The molecule has 0 spiro atoms. The van der Waals surface area contributed by atoms with Gasteiger partial charge in [0.2, 0.25) is 0 Å². The van der Waals surface area contributed by atoms with Crippen LogP contribution in [-0.4, -0.2) is 16.8 Å². The second-order valence-electron chi connectivity index (χ2n) is 5.12. The molecule has 0 saturated carbocycles. The Morgan fingerprint density at radius 2 is 1.60 bits per heavy atom. The van der Waals surface area contributed by atoms with Crippen LogP contribution in [0.2, 0.25) is 0 Å². The fraction of sp³-hybridized carbons (Fsp3) is 0.588. The fourth-order valence-corrected chi connectivity index (χ4v) is 3.24. The third kappa shape index (κ3) is 6.99. The lowest BCUT2D eigenvalue weighted by Gasteiger charge is -2.05. The Kier molecular flexibility index (Phi) is 9.22. The van der Waals surface area contributed by atoms with Crippen LogP contribution in [0.4, 0.5) is 0 Å². The largest absolute Gasteiger partial charge is 0.478 e. The van der Waals surface area contributed by atoms with Crippen LogP contribution in [0, 0.1) is 0 Å². The van der Waals surface area contributed by atoms with Gasteiger partial charge in [-0.25, -0.2) is 4.79 Å². The van der Waals surface area contributed by atoms with Gasteiger partial charge >= 0.3 is 5.97 Å². The summed E-state index contributed by atoms with van der Waals surface area (Å²) in [7, 11) is 0. The maximum Gasteiger partial charge on any atom is 0.336 e. The lowest BCUT2D eigenvalue weighted by atomic mass is 10.1. The summed E-state index contributed by atoms with van der Waals surface area (Å²) >= 11 is 1.67. The van der Waals surface area contributed by atoms with Crippen molar-refractivity contribution in [3.8, 4) is 0 Å². The number of hydrogen-bond acceptors (Lipinski definition) is 2. The Bertz CT molecular complexity index is 390. The van der Waals surface area contributed by atoms with Crippen molar-refractivity contribution in [2.45, 2.75) is 63.2 Å². The predicted molar refractivity (Wildman–Crippen MR) is 86.7 cm³/mol. The lowest BCUT2D eigenvalue weighted by Crippen LogP contribution is -1.98. The number of carbonyl (C=O) groups is 1. The molecule has 0 bridgehead atoms. The summed E-state index contributed by atoms with van der Waals surface area (Å²) in [5.41, 5.74) is 0.428. The van der Waals surface area contributed by atoms with Crippen molar-refractivity contribution in [1.29, 1.82) is 0 Å². The smallest absolute Gasteiger partial charge is 0.336 e. The Balaban J connectivity index is 2.11. The van der Waals surface area contributed by atoms with Crippen molar-refractivity contribution < 1.29 is 9.90 Å². The van der Waals surface area contributed by atoms with Gasteiger partial charge in [-0.05, 0) is 24.3 Å². The highest BCUT2D eigenvalue weighted by Gasteiger charge is 2.08. The summed E-state index contributed by atoms with van der Waals surface area (Å²) in [6.45, 7) is 2.24. The van der Waals surface area contributed by atoms with Gasteiger partial charge in [0.1, 0.15) is 0 Å². The van der Waals surface area contributed by atoms with Crippen LogP contribution in [0.15, 0.2) is 29.2 Å². The first-order valence-corrected chi connectivity index (χ1v) is 8.69. The van der Waals surface area contributed by atoms with E-state index in [0.29, 0.717) is 5.56 Å². The van der Waals surface area contributed by atoms with Crippen LogP contribution in [0.25, 0.3) is 0 Å². The van der Waals surface area contributed by atoms with E-state index >= 15 is 0 Å². The van der Waals surface area contributed by atoms with E-state index in [2.05, 4.69) is 6.92 Å². The first-order valence-electron chi connectivity index (χ1n) is 7.70. The molecule has 1 N–H and O–H groups in total. The molecule has 0 amide bonds. The van der Waals surface area contributed by atoms with Gasteiger partial charge in [0.25, 0.3) is 0 Å². The van der Waals surface area contributed by atoms with Crippen molar-refractivity contribution in [3.63, 3.8) is 0 Å². The van der Waals surface area contributed by atoms with Gasteiger partial charge in [-0.2, -0.15) is 0 Å². The van der Waals surface area contributed by atoms with E-state index in [0.717, 1.165) is 10.6 Å². The summed E-state index contributed by atoms with van der Waals surface area (Å²) < 4.78 is 0. The van der Waals surface area contributed by atoms with Crippen LogP contribution < -0.4 is 0 Å². The van der Waals surface area contributed by atoms with Crippen molar-refractivity contribution in [2.24, 2.45) is 0 Å². The van der Waals surface area contributed by atoms with E-state index in [9.17, 15) is 4.79 Å². The summed E-state index contributed by atoms with van der Waals surface area (Å²) in [6.07, 6.45) is 10.5. The molecule has 3 heteroatoms. The molecule has 0 heterocycles. The Morgan fingerprint density at radius 1 is 1.00 bits per heavy atom. The fourth-order valence-electron chi connectivity index (χ4n) is 2.19. The SMILES string of the molecule is CCCCCCCCCCSc1ccccc1C(=O)O. The third-order valence-electron chi connectivity index (χ3n) is 3.37. The van der Waals surface area contributed by atoms with Gasteiger partial charge in [-0.1, -0.05) is 64.0 Å². The lowest BCUT2D eigenvalue weighted by molar-refractivity contribution is 0.0693. The third-order valence-corrected chi connectivity index (χ3v) is 4.53. The molecule has 112 valence electrons. The molecule has 1 rings (SSSR count). The molecule has 1 aromatic rings. The number of aromatic carboxylic acids is 1. The Morgan fingerprint density at radius 3 is 2.25 bits per heavy atom. The van der Waals surface area contributed by atoms with Crippen molar-refractivity contribution >= 4 is 17.7 Å². The zero-order valence-electron chi connectivity index (χ0n) is 12.4. The van der Waals surface area contributed by atoms with Crippen LogP contribution in [0.5, 0.6) is 0 Å². The first kappa shape index (κ1) is 17.1.